The van der Waals surface area contributed by atoms with Crippen LogP contribution in [0.15, 0.2) is 67.1 Å². The molecule has 5 nitrogen and oxygen atoms in total. The van der Waals surface area contributed by atoms with Gasteiger partial charge in [0.2, 0.25) is 0 Å². The molecule has 0 fully saturated rings. The molecule has 0 aliphatic heterocycles. The largest absolute Gasteiger partial charge is 0.370 e. The highest BCUT2D eigenvalue weighted by molar-refractivity contribution is 5.75. The van der Waals surface area contributed by atoms with Crippen molar-refractivity contribution >= 4 is 17.2 Å². The van der Waals surface area contributed by atoms with Crippen molar-refractivity contribution in [2.24, 2.45) is 0 Å². The first-order valence-electron chi connectivity index (χ1n) is 12.1. The third-order valence-electron chi connectivity index (χ3n) is 5.06. The van der Waals surface area contributed by atoms with Gasteiger partial charge in [0.25, 0.3) is 0 Å². The Morgan fingerprint density at radius 1 is 1.03 bits per heavy atom. The van der Waals surface area contributed by atoms with Crippen molar-refractivity contribution in [3.8, 4) is 11.1 Å². The van der Waals surface area contributed by atoms with Crippen molar-refractivity contribution < 1.29 is 4.39 Å². The Morgan fingerprint density at radius 2 is 1.71 bits per heavy atom. The van der Waals surface area contributed by atoms with Gasteiger partial charge in [-0.15, -0.1) is 0 Å². The van der Waals surface area contributed by atoms with E-state index in [1.807, 2.05) is 43.5 Å². The van der Waals surface area contributed by atoms with Crippen LogP contribution in [0.3, 0.4) is 0 Å². The van der Waals surface area contributed by atoms with Gasteiger partial charge in [-0.2, -0.15) is 0 Å². The van der Waals surface area contributed by atoms with Crippen LogP contribution >= 0.6 is 0 Å². The lowest BCUT2D eigenvalue weighted by Gasteiger charge is -2.23. The van der Waals surface area contributed by atoms with E-state index in [9.17, 15) is 4.39 Å². The number of nitrogens with zero attached hydrogens (tertiary/aromatic N) is 3. The van der Waals surface area contributed by atoms with Crippen LogP contribution < -0.4 is 10.2 Å². The van der Waals surface area contributed by atoms with E-state index in [-0.39, 0.29) is 5.82 Å². The molecule has 0 saturated heterocycles. The van der Waals surface area contributed by atoms with Gasteiger partial charge in [0, 0.05) is 48.4 Å². The summed E-state index contributed by atoms with van der Waals surface area (Å²) in [5.41, 5.74) is 5.70. The second-order valence-electron chi connectivity index (χ2n) is 8.79. The molecule has 1 aromatic carbocycles. The number of halogens is 1. The topological polar surface area (TPSA) is 64.9 Å². The summed E-state index contributed by atoms with van der Waals surface area (Å²) in [7, 11) is 0. The van der Waals surface area contributed by atoms with Crippen LogP contribution in [0.2, 0.25) is 0 Å². The molecule has 3 rings (SSSR count). The van der Waals surface area contributed by atoms with Crippen molar-refractivity contribution in [1.82, 2.24) is 9.97 Å². The molecule has 2 N–H and O–H groups in total. The zero-order valence-corrected chi connectivity index (χ0v) is 21.7. The Labute approximate surface area is 209 Å². The molecule has 35 heavy (non-hydrogen) atoms. The number of rotatable bonds is 10. The van der Waals surface area contributed by atoms with Gasteiger partial charge < -0.3 is 15.6 Å². The Morgan fingerprint density at radius 3 is 2.26 bits per heavy atom. The van der Waals surface area contributed by atoms with Gasteiger partial charge in [-0.1, -0.05) is 32.6 Å². The molecule has 0 aliphatic carbocycles. The minimum Gasteiger partial charge on any atom is -0.370 e. The van der Waals surface area contributed by atoms with Crippen LogP contribution in [0, 0.1) is 18.2 Å². The molecule has 0 atom stereocenters. The number of hydrogen-bond donors (Lipinski definition) is 2. The number of nitrogens with one attached hydrogen (secondary N) is 2. The number of benzene rings is 1. The SMILES string of the molecule is C=C(Cc1ccc(-c2ccnc(C)c2)c(F)c1)Nc1ccc(N(CCC)CCC)cn1.CC(C)=N. The van der Waals surface area contributed by atoms with Gasteiger partial charge in [0.05, 0.1) is 11.9 Å². The third kappa shape index (κ3) is 9.32. The number of allylic oxidation sites excluding steroid dienone is 1. The number of anilines is 2. The van der Waals surface area contributed by atoms with E-state index in [0.717, 1.165) is 60.0 Å². The summed E-state index contributed by atoms with van der Waals surface area (Å²) in [5.74, 6) is 0.497. The van der Waals surface area contributed by atoms with Crippen molar-refractivity contribution in [2.75, 3.05) is 23.3 Å². The van der Waals surface area contributed by atoms with Gasteiger partial charge in [-0.05, 0) is 75.1 Å². The highest BCUT2D eigenvalue weighted by atomic mass is 19.1. The minimum atomic E-state index is -0.245. The fourth-order valence-corrected chi connectivity index (χ4v) is 3.64. The normalized spacial score (nSPS) is 10.2. The maximum Gasteiger partial charge on any atom is 0.131 e. The summed E-state index contributed by atoms with van der Waals surface area (Å²) >= 11 is 0. The van der Waals surface area contributed by atoms with Gasteiger partial charge >= 0.3 is 0 Å². The first kappa shape index (κ1) is 27.7. The Balaban J connectivity index is 0.00000100. The lowest BCUT2D eigenvalue weighted by Crippen LogP contribution is -2.24. The number of aryl methyl sites for hydroxylation is 1. The molecule has 0 radical (unpaired) electrons. The van der Waals surface area contributed by atoms with Crippen molar-refractivity contribution in [3.05, 3.63) is 84.2 Å². The van der Waals surface area contributed by atoms with Crippen LogP contribution in [0.4, 0.5) is 15.9 Å². The number of pyridine rings is 2. The smallest absolute Gasteiger partial charge is 0.131 e. The zero-order chi connectivity index (χ0) is 25.8. The Kier molecular flexibility index (Phi) is 11.1. The fraction of sp³-hybridized carbons (Fsp3) is 0.345. The minimum absolute atomic E-state index is 0.245. The monoisotopic (exact) mass is 475 g/mol. The van der Waals surface area contributed by atoms with E-state index in [1.165, 1.54) is 0 Å². The molecule has 0 saturated carbocycles. The maximum atomic E-state index is 14.7. The first-order chi connectivity index (χ1) is 16.7. The first-order valence-corrected chi connectivity index (χ1v) is 12.1. The molecule has 0 unspecified atom stereocenters. The standard InChI is InChI=1S/C26H31FN4.C3H7N/c1-5-13-31(14-6-2)23-8-10-26(29-18-23)30-20(4)15-21-7-9-24(25(27)17-21)22-11-12-28-19(3)16-22;1-3(2)4/h7-12,16-18H,4-6,13-15H2,1-3H3,(H,29,30);4H,1-2H3. The van der Waals surface area contributed by atoms with E-state index in [1.54, 1.807) is 26.1 Å². The molecule has 0 aliphatic rings. The van der Waals surface area contributed by atoms with Crippen molar-refractivity contribution in [1.29, 1.82) is 5.41 Å². The van der Waals surface area contributed by atoms with E-state index in [0.29, 0.717) is 17.7 Å². The molecule has 0 spiro atoms. The van der Waals surface area contributed by atoms with Gasteiger partial charge in [0.1, 0.15) is 11.6 Å². The average molecular weight is 476 g/mol. The summed E-state index contributed by atoms with van der Waals surface area (Å²) in [6.07, 6.45) is 6.32. The molecule has 0 amide bonds. The molecule has 2 aromatic heterocycles. The van der Waals surface area contributed by atoms with E-state index in [2.05, 4.69) is 46.7 Å². The predicted octanol–water partition coefficient (Wildman–Crippen LogP) is 7.43. The van der Waals surface area contributed by atoms with Crippen molar-refractivity contribution in [2.45, 2.75) is 53.9 Å². The molecular weight excluding hydrogens is 437 g/mol. The summed E-state index contributed by atoms with van der Waals surface area (Å²) in [6.45, 7) is 15.9. The van der Waals surface area contributed by atoms with Crippen LogP contribution in [0.1, 0.15) is 51.8 Å². The molecule has 3 aromatic rings. The van der Waals surface area contributed by atoms with Crippen molar-refractivity contribution in [3.63, 3.8) is 0 Å². The lowest BCUT2D eigenvalue weighted by atomic mass is 10.0. The Bertz CT molecular complexity index is 1100. The fourth-order valence-electron chi connectivity index (χ4n) is 3.64. The van der Waals surface area contributed by atoms with Gasteiger partial charge in [-0.25, -0.2) is 9.37 Å². The second-order valence-corrected chi connectivity index (χ2v) is 8.79. The highest BCUT2D eigenvalue weighted by Gasteiger charge is 2.09. The third-order valence-corrected chi connectivity index (χ3v) is 5.06. The lowest BCUT2D eigenvalue weighted by molar-refractivity contribution is 0.629. The molecule has 2 heterocycles. The van der Waals surface area contributed by atoms with Crippen LogP contribution in [0.5, 0.6) is 0 Å². The summed E-state index contributed by atoms with van der Waals surface area (Å²) in [6, 6.07) is 13.1. The summed E-state index contributed by atoms with van der Waals surface area (Å²) < 4.78 is 14.7. The predicted molar refractivity (Wildman–Crippen MR) is 147 cm³/mol. The Hall–Kier alpha value is -3.54. The van der Waals surface area contributed by atoms with Gasteiger partial charge in [-0.3, -0.25) is 4.98 Å². The van der Waals surface area contributed by atoms with E-state index >= 15 is 0 Å². The van der Waals surface area contributed by atoms with Crippen LogP contribution in [-0.4, -0.2) is 28.8 Å². The zero-order valence-electron chi connectivity index (χ0n) is 21.7. The maximum absolute atomic E-state index is 14.7. The highest BCUT2D eigenvalue weighted by Crippen LogP contribution is 2.25. The van der Waals surface area contributed by atoms with Crippen LogP contribution in [0.25, 0.3) is 11.1 Å². The number of aromatic nitrogens is 2. The quantitative estimate of drug-likeness (QED) is 0.299. The van der Waals surface area contributed by atoms with Crippen LogP contribution in [-0.2, 0) is 6.42 Å². The second kappa shape index (κ2) is 14.0. The van der Waals surface area contributed by atoms with E-state index < -0.39 is 0 Å². The molecule has 0 bridgehead atoms. The number of hydrogen-bond acceptors (Lipinski definition) is 5. The molecular formula is C29H38FN5. The molecule has 6 heteroatoms. The summed E-state index contributed by atoms with van der Waals surface area (Å²) in [4.78, 5) is 11.1. The molecule has 186 valence electrons. The van der Waals surface area contributed by atoms with E-state index in [4.69, 9.17) is 5.41 Å². The summed E-state index contributed by atoms with van der Waals surface area (Å²) in [5, 5.41) is 9.74. The average Bonchev–Trinajstić information content (AvgIpc) is 2.79. The van der Waals surface area contributed by atoms with Gasteiger partial charge in [0.15, 0.2) is 0 Å².